The van der Waals surface area contributed by atoms with Crippen molar-refractivity contribution in [2.24, 2.45) is 0 Å². The highest BCUT2D eigenvalue weighted by molar-refractivity contribution is 5.87. The molecule has 0 saturated heterocycles. The van der Waals surface area contributed by atoms with E-state index in [2.05, 4.69) is 6.58 Å². The number of hydrogen-bond acceptors (Lipinski definition) is 3. The van der Waals surface area contributed by atoms with Gasteiger partial charge in [0.25, 0.3) is 0 Å². The molecule has 3 heteroatoms. The lowest BCUT2D eigenvalue weighted by molar-refractivity contribution is -0.143. The van der Waals surface area contributed by atoms with Crippen LogP contribution in [0.3, 0.4) is 0 Å². The van der Waals surface area contributed by atoms with Crippen LogP contribution in [-0.2, 0) is 9.53 Å². The lowest BCUT2D eigenvalue weighted by Gasteiger charge is -2.18. The monoisotopic (exact) mass is 282 g/mol. The van der Waals surface area contributed by atoms with E-state index in [0.717, 1.165) is 11.1 Å². The Morgan fingerprint density at radius 1 is 1.14 bits per heavy atom. The Hall–Kier alpha value is -2.55. The van der Waals surface area contributed by atoms with Gasteiger partial charge >= 0.3 is 5.97 Å². The second-order valence-corrected chi connectivity index (χ2v) is 4.94. The molecule has 2 aromatic rings. The summed E-state index contributed by atoms with van der Waals surface area (Å²) in [5, 5.41) is 10.2. The van der Waals surface area contributed by atoms with Crippen molar-refractivity contribution in [1.29, 1.82) is 0 Å². The Morgan fingerprint density at radius 2 is 1.81 bits per heavy atom. The molecule has 2 rings (SSSR count). The second kappa shape index (κ2) is 6.27. The molecule has 0 bridgehead atoms. The fourth-order valence-corrected chi connectivity index (χ4v) is 2.14. The van der Waals surface area contributed by atoms with Crippen LogP contribution < -0.4 is 0 Å². The van der Waals surface area contributed by atoms with Gasteiger partial charge in [0.05, 0.1) is 0 Å². The number of phenolic OH excluding ortho intramolecular Hbond substituents is 1. The summed E-state index contributed by atoms with van der Waals surface area (Å²) in [5.74, 6) is -0.276. The smallest absolute Gasteiger partial charge is 0.333 e. The van der Waals surface area contributed by atoms with Crippen molar-refractivity contribution >= 4 is 5.97 Å². The van der Waals surface area contributed by atoms with Crippen LogP contribution in [0.15, 0.2) is 60.7 Å². The molecule has 1 N–H and O–H groups in total. The van der Waals surface area contributed by atoms with E-state index in [1.165, 1.54) is 0 Å². The topological polar surface area (TPSA) is 46.5 Å². The maximum absolute atomic E-state index is 11.7. The van der Waals surface area contributed by atoms with E-state index in [-0.39, 0.29) is 5.75 Å². The van der Waals surface area contributed by atoms with Gasteiger partial charge in [-0.1, -0.05) is 49.0 Å². The van der Waals surface area contributed by atoms with E-state index in [1.807, 2.05) is 36.4 Å². The lowest BCUT2D eigenvalue weighted by atomic mass is 9.95. The summed E-state index contributed by atoms with van der Waals surface area (Å²) in [7, 11) is 0. The molecule has 0 heterocycles. The Labute approximate surface area is 124 Å². The summed E-state index contributed by atoms with van der Waals surface area (Å²) in [6, 6.07) is 14.7. The van der Waals surface area contributed by atoms with E-state index in [9.17, 15) is 9.90 Å². The molecule has 0 radical (unpaired) electrons. The standard InChI is InChI=1S/C18H18O3/c1-12(2)18(20)21-13(3)15-10-7-11-16(19)17(15)14-8-5-4-6-9-14/h4-11,13,19H,1H2,2-3H3. The van der Waals surface area contributed by atoms with Gasteiger partial charge in [0.15, 0.2) is 0 Å². The van der Waals surface area contributed by atoms with Crippen LogP contribution in [-0.4, -0.2) is 11.1 Å². The molecule has 1 unspecified atom stereocenters. The van der Waals surface area contributed by atoms with Crippen LogP contribution in [0, 0.1) is 0 Å². The third-order valence-corrected chi connectivity index (χ3v) is 3.21. The first-order valence-corrected chi connectivity index (χ1v) is 6.74. The van der Waals surface area contributed by atoms with Crippen LogP contribution in [0.2, 0.25) is 0 Å². The van der Waals surface area contributed by atoms with Gasteiger partial charge in [-0.3, -0.25) is 0 Å². The van der Waals surface area contributed by atoms with E-state index in [1.54, 1.807) is 26.0 Å². The first kappa shape index (κ1) is 14.9. The maximum Gasteiger partial charge on any atom is 0.333 e. The summed E-state index contributed by atoms with van der Waals surface area (Å²) in [6.07, 6.45) is -0.475. The Kier molecular flexibility index (Phi) is 4.43. The quantitative estimate of drug-likeness (QED) is 0.674. The number of esters is 1. The summed E-state index contributed by atoms with van der Waals surface area (Å²) in [5.41, 5.74) is 2.67. The van der Waals surface area contributed by atoms with E-state index >= 15 is 0 Å². The van der Waals surface area contributed by atoms with Gasteiger partial charge in [-0.05, 0) is 25.5 Å². The summed E-state index contributed by atoms with van der Waals surface area (Å²) >= 11 is 0. The molecule has 21 heavy (non-hydrogen) atoms. The molecule has 2 aromatic carbocycles. The summed E-state index contributed by atoms with van der Waals surface area (Å²) < 4.78 is 5.37. The second-order valence-electron chi connectivity index (χ2n) is 4.94. The van der Waals surface area contributed by atoms with Crippen molar-refractivity contribution in [3.63, 3.8) is 0 Å². The normalized spacial score (nSPS) is 11.7. The molecule has 0 aliphatic heterocycles. The van der Waals surface area contributed by atoms with Gasteiger partial charge < -0.3 is 9.84 Å². The van der Waals surface area contributed by atoms with E-state index < -0.39 is 12.1 Å². The maximum atomic E-state index is 11.7. The molecule has 3 nitrogen and oxygen atoms in total. The first-order valence-electron chi connectivity index (χ1n) is 6.74. The SMILES string of the molecule is C=C(C)C(=O)OC(C)c1cccc(O)c1-c1ccccc1. The van der Waals surface area contributed by atoms with Crippen LogP contribution in [0.1, 0.15) is 25.5 Å². The number of benzene rings is 2. The van der Waals surface area contributed by atoms with Crippen molar-refractivity contribution in [3.8, 4) is 16.9 Å². The molecule has 108 valence electrons. The molecule has 0 aliphatic carbocycles. The van der Waals surface area contributed by atoms with Crippen molar-refractivity contribution < 1.29 is 14.6 Å². The largest absolute Gasteiger partial charge is 0.507 e. The molecule has 0 fully saturated rings. The third-order valence-electron chi connectivity index (χ3n) is 3.21. The number of rotatable bonds is 4. The Bertz CT molecular complexity index is 659. The predicted molar refractivity (Wildman–Crippen MR) is 82.9 cm³/mol. The minimum absolute atomic E-state index is 0.164. The number of hydrogen-bond donors (Lipinski definition) is 1. The van der Waals surface area contributed by atoms with Crippen molar-refractivity contribution in [2.45, 2.75) is 20.0 Å². The number of carbonyl (C=O) groups excluding carboxylic acids is 1. The highest BCUT2D eigenvalue weighted by Gasteiger charge is 2.18. The van der Waals surface area contributed by atoms with Crippen LogP contribution in [0.4, 0.5) is 0 Å². The molecule has 0 saturated carbocycles. The molecule has 0 spiro atoms. The molecule has 0 amide bonds. The average Bonchev–Trinajstić information content (AvgIpc) is 2.47. The number of aromatic hydroxyl groups is 1. The van der Waals surface area contributed by atoms with Crippen molar-refractivity contribution in [3.05, 3.63) is 66.2 Å². The van der Waals surface area contributed by atoms with Gasteiger partial charge in [0.2, 0.25) is 0 Å². The van der Waals surface area contributed by atoms with Crippen LogP contribution >= 0.6 is 0 Å². The molecule has 0 aliphatic rings. The minimum atomic E-state index is -0.475. The zero-order valence-electron chi connectivity index (χ0n) is 12.2. The van der Waals surface area contributed by atoms with E-state index in [4.69, 9.17) is 4.74 Å². The fourth-order valence-electron chi connectivity index (χ4n) is 2.14. The van der Waals surface area contributed by atoms with Gasteiger partial charge in [0.1, 0.15) is 11.9 Å². The number of phenols is 1. The van der Waals surface area contributed by atoms with Gasteiger partial charge in [-0.15, -0.1) is 0 Å². The highest BCUT2D eigenvalue weighted by Crippen LogP contribution is 2.36. The number of carbonyl (C=O) groups is 1. The Morgan fingerprint density at radius 3 is 2.43 bits per heavy atom. The molecular weight excluding hydrogens is 264 g/mol. The van der Waals surface area contributed by atoms with Crippen LogP contribution in [0.5, 0.6) is 5.75 Å². The lowest BCUT2D eigenvalue weighted by Crippen LogP contribution is -2.10. The first-order chi connectivity index (χ1) is 10.0. The molecule has 1 atom stereocenters. The van der Waals surface area contributed by atoms with Gasteiger partial charge in [-0.25, -0.2) is 4.79 Å². The van der Waals surface area contributed by atoms with Crippen molar-refractivity contribution in [2.75, 3.05) is 0 Å². The minimum Gasteiger partial charge on any atom is -0.507 e. The van der Waals surface area contributed by atoms with Crippen molar-refractivity contribution in [1.82, 2.24) is 0 Å². The third kappa shape index (κ3) is 3.31. The van der Waals surface area contributed by atoms with Gasteiger partial charge in [0, 0.05) is 16.7 Å². The van der Waals surface area contributed by atoms with Crippen LogP contribution in [0.25, 0.3) is 11.1 Å². The molecule has 0 aromatic heterocycles. The number of ether oxygens (including phenoxy) is 1. The zero-order chi connectivity index (χ0) is 15.4. The van der Waals surface area contributed by atoms with Gasteiger partial charge in [-0.2, -0.15) is 0 Å². The highest BCUT2D eigenvalue weighted by atomic mass is 16.5. The summed E-state index contributed by atoms with van der Waals surface area (Å²) in [6.45, 7) is 6.96. The zero-order valence-corrected chi connectivity index (χ0v) is 12.2. The predicted octanol–water partition coefficient (Wildman–Crippen LogP) is 4.24. The average molecular weight is 282 g/mol. The van der Waals surface area contributed by atoms with E-state index in [0.29, 0.717) is 11.1 Å². The Balaban J connectivity index is 2.43. The summed E-state index contributed by atoms with van der Waals surface area (Å²) in [4.78, 5) is 11.7. The fraction of sp³-hybridized carbons (Fsp3) is 0.167. The molecular formula is C18H18O3.